The number of amides is 2. The molecule has 0 aliphatic carbocycles. The fraction of sp³-hybridized carbons (Fsp3) is 0.407. The number of rotatable bonds is 7. The fourth-order valence-corrected chi connectivity index (χ4v) is 4.44. The molecule has 2 aromatic carbocycles. The summed E-state index contributed by atoms with van der Waals surface area (Å²) in [5.74, 6) is 1.20. The highest BCUT2D eigenvalue weighted by molar-refractivity contribution is 5.92. The van der Waals surface area contributed by atoms with Gasteiger partial charge in [-0.3, -0.25) is 14.5 Å². The van der Waals surface area contributed by atoms with Crippen LogP contribution in [0.1, 0.15) is 18.4 Å². The van der Waals surface area contributed by atoms with Crippen molar-refractivity contribution in [2.24, 2.45) is 5.92 Å². The highest BCUT2D eigenvalue weighted by atomic mass is 16.5. The van der Waals surface area contributed by atoms with Crippen LogP contribution in [0.4, 0.5) is 0 Å². The van der Waals surface area contributed by atoms with Gasteiger partial charge in [-0.2, -0.15) is 0 Å². The van der Waals surface area contributed by atoms with Crippen LogP contribution in [-0.4, -0.2) is 78.9 Å². The molecule has 0 spiro atoms. The number of para-hydroxylation sites is 1. The molecule has 2 aromatic rings. The number of benzene rings is 2. The van der Waals surface area contributed by atoms with Gasteiger partial charge in [0.25, 0.3) is 0 Å². The van der Waals surface area contributed by atoms with E-state index in [1.165, 1.54) is 0 Å². The summed E-state index contributed by atoms with van der Waals surface area (Å²) in [6, 6.07) is 19.7. The zero-order valence-electron chi connectivity index (χ0n) is 19.1. The average molecular weight is 448 g/mol. The van der Waals surface area contributed by atoms with Crippen molar-refractivity contribution in [3.63, 3.8) is 0 Å². The number of likely N-dealkylation sites (tertiary alicyclic amines) is 1. The zero-order valence-corrected chi connectivity index (χ0v) is 19.1. The summed E-state index contributed by atoms with van der Waals surface area (Å²) in [5.41, 5.74) is 1.02. The molecular formula is C27H33N3O3. The molecule has 174 valence electrons. The molecular weight excluding hydrogens is 414 g/mol. The molecule has 2 saturated heterocycles. The smallest absolute Gasteiger partial charge is 0.246 e. The van der Waals surface area contributed by atoms with E-state index in [9.17, 15) is 9.59 Å². The Labute approximate surface area is 196 Å². The Kier molecular flexibility index (Phi) is 8.14. The lowest BCUT2D eigenvalue weighted by Gasteiger charge is -2.38. The van der Waals surface area contributed by atoms with Crippen molar-refractivity contribution in [2.45, 2.75) is 12.8 Å². The second-order valence-electron chi connectivity index (χ2n) is 8.67. The third kappa shape index (κ3) is 6.68. The van der Waals surface area contributed by atoms with Gasteiger partial charge in [-0.1, -0.05) is 48.5 Å². The molecule has 0 bridgehead atoms. The van der Waals surface area contributed by atoms with E-state index in [1.807, 2.05) is 76.5 Å². The second kappa shape index (κ2) is 11.7. The van der Waals surface area contributed by atoms with E-state index >= 15 is 0 Å². The van der Waals surface area contributed by atoms with E-state index in [2.05, 4.69) is 4.90 Å². The lowest BCUT2D eigenvalue weighted by molar-refractivity contribution is -0.140. The van der Waals surface area contributed by atoms with Crippen molar-refractivity contribution in [1.82, 2.24) is 14.7 Å². The Hall–Kier alpha value is -3.12. The van der Waals surface area contributed by atoms with E-state index in [1.54, 1.807) is 6.08 Å². The summed E-state index contributed by atoms with van der Waals surface area (Å²) in [4.78, 5) is 31.7. The van der Waals surface area contributed by atoms with Gasteiger partial charge in [-0.15, -0.1) is 0 Å². The molecule has 0 N–H and O–H groups in total. The fourth-order valence-electron chi connectivity index (χ4n) is 4.44. The number of hydrogen-bond acceptors (Lipinski definition) is 4. The predicted molar refractivity (Wildman–Crippen MR) is 130 cm³/mol. The van der Waals surface area contributed by atoms with Crippen molar-refractivity contribution < 1.29 is 14.3 Å². The van der Waals surface area contributed by atoms with Gasteiger partial charge in [0.1, 0.15) is 12.4 Å². The van der Waals surface area contributed by atoms with Crippen LogP contribution in [0.15, 0.2) is 66.7 Å². The number of hydrogen-bond donors (Lipinski definition) is 0. The van der Waals surface area contributed by atoms with Crippen LogP contribution in [-0.2, 0) is 9.59 Å². The van der Waals surface area contributed by atoms with Crippen molar-refractivity contribution in [1.29, 1.82) is 0 Å². The van der Waals surface area contributed by atoms with Gasteiger partial charge in [0.15, 0.2) is 0 Å². The zero-order chi connectivity index (χ0) is 22.9. The van der Waals surface area contributed by atoms with Crippen molar-refractivity contribution in [2.75, 3.05) is 52.4 Å². The molecule has 2 aliphatic rings. The van der Waals surface area contributed by atoms with E-state index < -0.39 is 0 Å². The standard InChI is InChI=1S/C27H33N3O3/c31-26(12-11-23-7-3-1-4-8-23)29-15-13-24(14-16-29)27(32)30-19-17-28(18-20-30)21-22-33-25-9-5-2-6-10-25/h1-12,24H,13-22H2. The van der Waals surface area contributed by atoms with Crippen LogP contribution in [0.5, 0.6) is 5.75 Å². The maximum absolute atomic E-state index is 13.0. The normalized spacial score (nSPS) is 17.9. The molecule has 0 unspecified atom stereocenters. The first-order chi connectivity index (χ1) is 16.2. The molecule has 6 nitrogen and oxygen atoms in total. The second-order valence-corrected chi connectivity index (χ2v) is 8.67. The maximum atomic E-state index is 13.0. The summed E-state index contributed by atoms with van der Waals surface area (Å²) < 4.78 is 5.79. The molecule has 0 radical (unpaired) electrons. The van der Waals surface area contributed by atoms with Gasteiger partial charge in [0.05, 0.1) is 0 Å². The van der Waals surface area contributed by atoms with Gasteiger partial charge in [-0.05, 0) is 36.6 Å². The first kappa shape index (κ1) is 23.1. The quantitative estimate of drug-likeness (QED) is 0.612. The lowest BCUT2D eigenvalue weighted by Crippen LogP contribution is -2.52. The van der Waals surface area contributed by atoms with Crippen LogP contribution in [0.3, 0.4) is 0 Å². The Morgan fingerprint density at radius 3 is 2.12 bits per heavy atom. The highest BCUT2D eigenvalue weighted by Gasteiger charge is 2.31. The third-order valence-corrected chi connectivity index (χ3v) is 6.48. The molecule has 2 heterocycles. The summed E-state index contributed by atoms with van der Waals surface area (Å²) in [7, 11) is 0. The Morgan fingerprint density at radius 2 is 1.45 bits per heavy atom. The monoisotopic (exact) mass is 447 g/mol. The van der Waals surface area contributed by atoms with Crippen LogP contribution in [0.2, 0.25) is 0 Å². The van der Waals surface area contributed by atoms with Crippen molar-refractivity contribution in [3.05, 3.63) is 72.3 Å². The van der Waals surface area contributed by atoms with Crippen LogP contribution in [0, 0.1) is 5.92 Å². The molecule has 6 heteroatoms. The van der Waals surface area contributed by atoms with Crippen LogP contribution in [0.25, 0.3) is 6.08 Å². The molecule has 33 heavy (non-hydrogen) atoms. The molecule has 0 saturated carbocycles. The molecule has 0 atom stereocenters. The summed E-state index contributed by atoms with van der Waals surface area (Å²) in [6.45, 7) is 6.11. The Balaban J connectivity index is 1.15. The summed E-state index contributed by atoms with van der Waals surface area (Å²) >= 11 is 0. The molecule has 2 amide bonds. The minimum absolute atomic E-state index is 0.0242. The van der Waals surface area contributed by atoms with E-state index in [0.29, 0.717) is 19.7 Å². The van der Waals surface area contributed by atoms with Gasteiger partial charge in [0.2, 0.25) is 11.8 Å². The van der Waals surface area contributed by atoms with Crippen molar-refractivity contribution >= 4 is 17.9 Å². The Morgan fingerprint density at radius 1 is 0.818 bits per heavy atom. The van der Waals surface area contributed by atoms with Gasteiger partial charge in [0, 0.05) is 57.8 Å². The number of carbonyl (C=O) groups is 2. The molecule has 2 fully saturated rings. The number of piperidine rings is 1. The van der Waals surface area contributed by atoms with E-state index in [0.717, 1.165) is 56.9 Å². The molecule has 0 aromatic heterocycles. The maximum Gasteiger partial charge on any atom is 0.246 e. The van der Waals surface area contributed by atoms with Crippen LogP contribution >= 0.6 is 0 Å². The largest absolute Gasteiger partial charge is 0.492 e. The van der Waals surface area contributed by atoms with Gasteiger partial charge < -0.3 is 14.5 Å². The minimum Gasteiger partial charge on any atom is -0.492 e. The van der Waals surface area contributed by atoms with Gasteiger partial charge >= 0.3 is 0 Å². The first-order valence-electron chi connectivity index (χ1n) is 11.9. The minimum atomic E-state index is 0.0242. The van der Waals surface area contributed by atoms with Crippen molar-refractivity contribution in [3.8, 4) is 5.75 Å². The molecule has 4 rings (SSSR count). The topological polar surface area (TPSA) is 53.1 Å². The molecule has 2 aliphatic heterocycles. The number of ether oxygens (including phenoxy) is 1. The number of carbonyl (C=O) groups excluding carboxylic acids is 2. The van der Waals surface area contributed by atoms with E-state index in [-0.39, 0.29) is 17.7 Å². The van der Waals surface area contributed by atoms with E-state index in [4.69, 9.17) is 4.74 Å². The Bertz CT molecular complexity index is 916. The van der Waals surface area contributed by atoms with Crippen LogP contribution < -0.4 is 4.74 Å². The predicted octanol–water partition coefficient (Wildman–Crippen LogP) is 3.16. The summed E-state index contributed by atoms with van der Waals surface area (Å²) in [5, 5.41) is 0. The lowest BCUT2D eigenvalue weighted by atomic mass is 9.95. The number of piperazine rings is 1. The summed E-state index contributed by atoms with van der Waals surface area (Å²) in [6.07, 6.45) is 4.98. The number of nitrogens with zero attached hydrogens (tertiary/aromatic N) is 3. The third-order valence-electron chi connectivity index (χ3n) is 6.48. The average Bonchev–Trinajstić information content (AvgIpc) is 2.88. The van der Waals surface area contributed by atoms with Gasteiger partial charge in [-0.25, -0.2) is 0 Å². The first-order valence-corrected chi connectivity index (χ1v) is 11.9. The SMILES string of the molecule is O=C(C=Cc1ccccc1)N1CCC(C(=O)N2CCN(CCOc3ccccc3)CC2)CC1. The highest BCUT2D eigenvalue weighted by Crippen LogP contribution is 2.21.